The van der Waals surface area contributed by atoms with E-state index in [4.69, 9.17) is 10.2 Å². The molecule has 0 aliphatic rings. The molecular weight excluding hydrogens is 220 g/mol. The number of oxazole rings is 1. The second-order valence-corrected chi connectivity index (χ2v) is 4.98. The predicted octanol–water partition coefficient (Wildman–Crippen LogP) is 3.42. The van der Waals surface area contributed by atoms with Gasteiger partial charge in [0, 0.05) is 10.9 Å². The van der Waals surface area contributed by atoms with Gasteiger partial charge in [-0.3, -0.25) is 0 Å². The minimum Gasteiger partial charge on any atom is -0.440 e. The SMILES string of the molecule is Cc1coc(SC(C)c2cccc(N)c2)n1. The summed E-state index contributed by atoms with van der Waals surface area (Å²) in [6.07, 6.45) is 1.66. The van der Waals surface area contributed by atoms with Crippen LogP contribution in [-0.2, 0) is 0 Å². The number of benzene rings is 1. The second-order valence-electron chi connectivity index (χ2n) is 3.68. The number of aryl methyl sites for hydroxylation is 1. The van der Waals surface area contributed by atoms with Gasteiger partial charge in [-0.15, -0.1) is 0 Å². The summed E-state index contributed by atoms with van der Waals surface area (Å²) in [5.74, 6) is 0. The van der Waals surface area contributed by atoms with Crippen LogP contribution in [0.4, 0.5) is 5.69 Å². The maximum absolute atomic E-state index is 5.75. The van der Waals surface area contributed by atoms with Crippen LogP contribution in [0.5, 0.6) is 0 Å². The summed E-state index contributed by atoms with van der Waals surface area (Å²) >= 11 is 1.59. The Bertz CT molecular complexity index is 481. The molecule has 84 valence electrons. The number of nitrogens with zero attached hydrogens (tertiary/aromatic N) is 1. The summed E-state index contributed by atoms with van der Waals surface area (Å²) in [5.41, 5.74) is 8.62. The molecule has 1 aromatic carbocycles. The van der Waals surface area contributed by atoms with Gasteiger partial charge in [-0.1, -0.05) is 23.9 Å². The van der Waals surface area contributed by atoms with Crippen molar-refractivity contribution in [2.75, 3.05) is 5.73 Å². The lowest BCUT2D eigenvalue weighted by Gasteiger charge is -2.09. The Hall–Kier alpha value is -1.42. The zero-order valence-electron chi connectivity index (χ0n) is 9.31. The van der Waals surface area contributed by atoms with E-state index < -0.39 is 0 Å². The number of nitrogens with two attached hydrogens (primary N) is 1. The molecule has 0 radical (unpaired) electrons. The van der Waals surface area contributed by atoms with Crippen LogP contribution in [0, 0.1) is 6.92 Å². The van der Waals surface area contributed by atoms with Crippen LogP contribution in [0.15, 0.2) is 40.2 Å². The molecule has 1 heterocycles. The van der Waals surface area contributed by atoms with Gasteiger partial charge in [-0.05, 0) is 31.5 Å². The zero-order valence-corrected chi connectivity index (χ0v) is 10.1. The van der Waals surface area contributed by atoms with Gasteiger partial charge >= 0.3 is 0 Å². The third kappa shape index (κ3) is 2.58. The Kier molecular flexibility index (Phi) is 3.19. The molecule has 0 spiro atoms. The fraction of sp³-hybridized carbons (Fsp3) is 0.250. The highest BCUT2D eigenvalue weighted by molar-refractivity contribution is 7.99. The Morgan fingerprint density at radius 1 is 1.44 bits per heavy atom. The molecule has 1 aromatic heterocycles. The van der Waals surface area contributed by atoms with Gasteiger partial charge in [-0.25, -0.2) is 4.98 Å². The molecule has 4 heteroatoms. The lowest BCUT2D eigenvalue weighted by molar-refractivity contribution is 0.453. The van der Waals surface area contributed by atoms with E-state index in [0.717, 1.165) is 11.4 Å². The molecule has 1 unspecified atom stereocenters. The third-order valence-corrected chi connectivity index (χ3v) is 3.27. The smallest absolute Gasteiger partial charge is 0.256 e. The van der Waals surface area contributed by atoms with E-state index in [1.807, 2.05) is 25.1 Å². The number of hydrogen-bond acceptors (Lipinski definition) is 4. The maximum Gasteiger partial charge on any atom is 0.256 e. The molecule has 3 nitrogen and oxygen atoms in total. The molecule has 0 bridgehead atoms. The largest absolute Gasteiger partial charge is 0.440 e. The highest BCUT2D eigenvalue weighted by Crippen LogP contribution is 2.34. The average Bonchev–Trinajstić information content (AvgIpc) is 2.64. The van der Waals surface area contributed by atoms with Gasteiger partial charge < -0.3 is 10.2 Å². The van der Waals surface area contributed by atoms with Crippen LogP contribution in [0.25, 0.3) is 0 Å². The quantitative estimate of drug-likeness (QED) is 0.653. The average molecular weight is 234 g/mol. The van der Waals surface area contributed by atoms with E-state index in [-0.39, 0.29) is 5.25 Å². The Balaban J connectivity index is 2.11. The molecule has 2 rings (SSSR count). The second kappa shape index (κ2) is 4.61. The number of anilines is 1. The first kappa shape index (κ1) is 11.1. The molecule has 1 atom stereocenters. The highest BCUT2D eigenvalue weighted by atomic mass is 32.2. The Morgan fingerprint density at radius 2 is 2.25 bits per heavy atom. The zero-order chi connectivity index (χ0) is 11.5. The molecule has 2 aromatic rings. The van der Waals surface area contributed by atoms with Gasteiger partial charge in [0.05, 0.1) is 5.69 Å². The standard InChI is InChI=1S/C12H14N2OS/c1-8-7-15-12(14-8)16-9(2)10-4-3-5-11(13)6-10/h3-7,9H,13H2,1-2H3. The van der Waals surface area contributed by atoms with Crippen molar-refractivity contribution < 1.29 is 4.42 Å². The monoisotopic (exact) mass is 234 g/mol. The summed E-state index contributed by atoms with van der Waals surface area (Å²) in [7, 11) is 0. The van der Waals surface area contributed by atoms with E-state index in [9.17, 15) is 0 Å². The highest BCUT2D eigenvalue weighted by Gasteiger charge is 2.11. The molecule has 0 saturated heterocycles. The van der Waals surface area contributed by atoms with Crippen LogP contribution in [0.2, 0.25) is 0 Å². The molecule has 0 aliphatic carbocycles. The maximum atomic E-state index is 5.75. The van der Waals surface area contributed by atoms with Crippen molar-refractivity contribution in [2.24, 2.45) is 0 Å². The Labute approximate surface area is 99.1 Å². The summed E-state index contributed by atoms with van der Waals surface area (Å²) in [4.78, 5) is 4.26. The molecule has 0 saturated carbocycles. The molecule has 0 fully saturated rings. The summed E-state index contributed by atoms with van der Waals surface area (Å²) in [5, 5.41) is 0.981. The third-order valence-electron chi connectivity index (χ3n) is 2.26. The minimum absolute atomic E-state index is 0.279. The Morgan fingerprint density at radius 3 is 2.88 bits per heavy atom. The number of hydrogen-bond donors (Lipinski definition) is 1. The van der Waals surface area contributed by atoms with Gasteiger partial charge in [0.1, 0.15) is 6.26 Å². The van der Waals surface area contributed by atoms with Crippen LogP contribution < -0.4 is 5.73 Å². The number of aromatic nitrogens is 1. The minimum atomic E-state index is 0.279. The molecule has 0 aliphatic heterocycles. The van der Waals surface area contributed by atoms with Crippen molar-refractivity contribution >= 4 is 17.4 Å². The topological polar surface area (TPSA) is 52.0 Å². The fourth-order valence-corrected chi connectivity index (χ4v) is 2.30. The van der Waals surface area contributed by atoms with Crippen molar-refractivity contribution in [3.8, 4) is 0 Å². The van der Waals surface area contributed by atoms with Gasteiger partial charge in [-0.2, -0.15) is 0 Å². The van der Waals surface area contributed by atoms with E-state index in [1.165, 1.54) is 5.56 Å². The van der Waals surface area contributed by atoms with E-state index >= 15 is 0 Å². The van der Waals surface area contributed by atoms with Crippen molar-refractivity contribution in [1.82, 2.24) is 4.98 Å². The van der Waals surface area contributed by atoms with Crippen LogP contribution in [-0.4, -0.2) is 4.98 Å². The molecule has 2 N–H and O–H groups in total. The molecule has 0 amide bonds. The van der Waals surface area contributed by atoms with Crippen LogP contribution >= 0.6 is 11.8 Å². The van der Waals surface area contributed by atoms with Crippen LogP contribution in [0.1, 0.15) is 23.4 Å². The number of thioether (sulfide) groups is 1. The number of rotatable bonds is 3. The summed E-state index contributed by atoms with van der Waals surface area (Å²) in [6, 6.07) is 7.88. The van der Waals surface area contributed by atoms with E-state index in [2.05, 4.69) is 18.0 Å². The summed E-state index contributed by atoms with van der Waals surface area (Å²) in [6.45, 7) is 4.03. The lowest BCUT2D eigenvalue weighted by atomic mass is 10.1. The van der Waals surface area contributed by atoms with Gasteiger partial charge in [0.2, 0.25) is 0 Å². The molecule has 16 heavy (non-hydrogen) atoms. The summed E-state index contributed by atoms with van der Waals surface area (Å²) < 4.78 is 5.31. The van der Waals surface area contributed by atoms with Gasteiger partial charge in [0.25, 0.3) is 5.22 Å². The first-order chi connectivity index (χ1) is 7.65. The van der Waals surface area contributed by atoms with Gasteiger partial charge in [0.15, 0.2) is 0 Å². The predicted molar refractivity (Wildman–Crippen MR) is 66.4 cm³/mol. The van der Waals surface area contributed by atoms with Crippen LogP contribution in [0.3, 0.4) is 0 Å². The van der Waals surface area contributed by atoms with Crippen molar-refractivity contribution in [2.45, 2.75) is 24.3 Å². The van der Waals surface area contributed by atoms with Crippen molar-refractivity contribution in [1.29, 1.82) is 0 Å². The first-order valence-corrected chi connectivity index (χ1v) is 5.97. The lowest BCUT2D eigenvalue weighted by Crippen LogP contribution is -1.91. The fourth-order valence-electron chi connectivity index (χ4n) is 1.42. The molecular formula is C12H14N2OS. The van der Waals surface area contributed by atoms with Crippen molar-refractivity contribution in [3.05, 3.63) is 41.8 Å². The number of nitrogen functional groups attached to an aromatic ring is 1. The van der Waals surface area contributed by atoms with E-state index in [1.54, 1.807) is 18.0 Å². The van der Waals surface area contributed by atoms with Crippen molar-refractivity contribution in [3.63, 3.8) is 0 Å². The normalized spacial score (nSPS) is 12.6. The van der Waals surface area contributed by atoms with E-state index in [0.29, 0.717) is 5.22 Å². The first-order valence-electron chi connectivity index (χ1n) is 5.09.